The molecular formula is C14H17NOS. The number of fused-ring (bicyclic) bond motifs is 1. The molecule has 1 aromatic carbocycles. The number of thioether (sulfide) groups is 1. The molecule has 0 spiro atoms. The van der Waals surface area contributed by atoms with E-state index in [0.29, 0.717) is 5.91 Å². The Balaban J connectivity index is 2.09. The van der Waals surface area contributed by atoms with Gasteiger partial charge in [0.25, 0.3) is 0 Å². The van der Waals surface area contributed by atoms with Gasteiger partial charge in [-0.2, -0.15) is 0 Å². The highest BCUT2D eigenvalue weighted by atomic mass is 32.2. The summed E-state index contributed by atoms with van der Waals surface area (Å²) in [4.78, 5) is 14.2. The van der Waals surface area contributed by atoms with Crippen LogP contribution in [-0.4, -0.2) is 22.6 Å². The first-order valence-electron chi connectivity index (χ1n) is 6.07. The monoisotopic (exact) mass is 247 g/mol. The lowest BCUT2D eigenvalue weighted by atomic mass is 9.67. The van der Waals surface area contributed by atoms with E-state index in [1.165, 1.54) is 5.56 Å². The summed E-state index contributed by atoms with van der Waals surface area (Å²) in [5.41, 5.74) is 1.09. The number of nitrogens with zero attached hydrogens (tertiary/aromatic N) is 1. The molecule has 2 nitrogen and oxygen atoms in total. The third-order valence-corrected chi connectivity index (χ3v) is 6.05. The Labute approximate surface area is 106 Å². The standard InChI is InChI=1S/C14H17NOS/c1-10(2)15-12(16)13(3)9-17-14(13,15)11-7-5-4-6-8-11/h4-8,10H,9H2,1-3H3/t13-,14-/m0/s1. The van der Waals surface area contributed by atoms with E-state index in [1.807, 2.05) is 17.8 Å². The van der Waals surface area contributed by atoms with Gasteiger partial charge < -0.3 is 4.90 Å². The highest BCUT2D eigenvalue weighted by Crippen LogP contribution is 2.71. The second-order valence-electron chi connectivity index (χ2n) is 5.40. The van der Waals surface area contributed by atoms with Crippen molar-refractivity contribution < 1.29 is 4.79 Å². The van der Waals surface area contributed by atoms with Crippen molar-refractivity contribution in [3.63, 3.8) is 0 Å². The van der Waals surface area contributed by atoms with Crippen LogP contribution in [0.5, 0.6) is 0 Å². The number of carbonyl (C=O) groups is 1. The number of amides is 1. The Morgan fingerprint density at radius 1 is 1.29 bits per heavy atom. The Kier molecular flexibility index (Phi) is 2.15. The molecule has 3 rings (SSSR count). The van der Waals surface area contributed by atoms with Crippen LogP contribution >= 0.6 is 11.8 Å². The molecule has 2 aliphatic heterocycles. The third-order valence-electron chi connectivity index (χ3n) is 4.03. The minimum atomic E-state index is -0.177. The Hall–Kier alpha value is -0.960. The minimum absolute atomic E-state index is 0.0977. The van der Waals surface area contributed by atoms with E-state index in [9.17, 15) is 4.79 Å². The third kappa shape index (κ3) is 1.06. The average molecular weight is 247 g/mol. The van der Waals surface area contributed by atoms with Gasteiger partial charge in [0.2, 0.25) is 5.91 Å². The van der Waals surface area contributed by atoms with Crippen molar-refractivity contribution in [1.82, 2.24) is 4.90 Å². The van der Waals surface area contributed by atoms with Crippen LogP contribution in [0.15, 0.2) is 30.3 Å². The molecule has 3 heteroatoms. The fourth-order valence-corrected chi connectivity index (χ4v) is 4.92. The van der Waals surface area contributed by atoms with E-state index in [2.05, 4.69) is 49.9 Å². The van der Waals surface area contributed by atoms with Crippen LogP contribution in [0, 0.1) is 5.41 Å². The van der Waals surface area contributed by atoms with Gasteiger partial charge in [-0.15, -0.1) is 11.8 Å². The molecule has 17 heavy (non-hydrogen) atoms. The van der Waals surface area contributed by atoms with Crippen LogP contribution in [0.4, 0.5) is 0 Å². The maximum absolute atomic E-state index is 12.3. The SMILES string of the molecule is CC(C)N1C(=O)[C@]2(C)CS[C@]12c1ccccc1. The number of benzene rings is 1. The van der Waals surface area contributed by atoms with Crippen molar-refractivity contribution in [3.05, 3.63) is 35.9 Å². The number of hydrogen-bond donors (Lipinski definition) is 0. The zero-order chi connectivity index (χ0) is 12.3. The number of rotatable bonds is 2. The molecule has 0 saturated carbocycles. The second-order valence-corrected chi connectivity index (χ2v) is 6.57. The van der Waals surface area contributed by atoms with E-state index in [0.717, 1.165) is 5.75 Å². The van der Waals surface area contributed by atoms with Crippen LogP contribution < -0.4 is 0 Å². The normalized spacial score (nSPS) is 35.3. The largest absolute Gasteiger partial charge is 0.320 e. The number of β-lactam (4-membered cyclic amide) rings is 1. The van der Waals surface area contributed by atoms with Crippen molar-refractivity contribution in [2.24, 2.45) is 5.41 Å². The molecule has 0 aromatic heterocycles. The first-order chi connectivity index (χ1) is 8.04. The van der Waals surface area contributed by atoms with Gasteiger partial charge in [0.1, 0.15) is 4.87 Å². The number of hydrogen-bond acceptors (Lipinski definition) is 2. The number of likely N-dealkylation sites (tertiary alicyclic amines) is 1. The Morgan fingerprint density at radius 2 is 1.94 bits per heavy atom. The molecule has 2 heterocycles. The first kappa shape index (κ1) is 11.1. The maximum atomic E-state index is 12.3. The predicted molar refractivity (Wildman–Crippen MR) is 70.7 cm³/mol. The second kappa shape index (κ2) is 3.29. The molecule has 0 unspecified atom stereocenters. The smallest absolute Gasteiger partial charge is 0.234 e. The van der Waals surface area contributed by atoms with Crippen molar-refractivity contribution in [2.75, 3.05) is 5.75 Å². The highest BCUT2D eigenvalue weighted by molar-refractivity contribution is 8.02. The molecule has 2 atom stereocenters. The summed E-state index contributed by atoms with van der Waals surface area (Å²) in [7, 11) is 0. The molecule has 1 aromatic rings. The summed E-state index contributed by atoms with van der Waals surface area (Å²) < 4.78 is 0. The molecule has 2 saturated heterocycles. The topological polar surface area (TPSA) is 20.3 Å². The molecule has 0 bridgehead atoms. The fourth-order valence-electron chi connectivity index (χ4n) is 3.13. The van der Waals surface area contributed by atoms with Crippen LogP contribution in [0.1, 0.15) is 26.3 Å². The molecule has 0 aliphatic carbocycles. The summed E-state index contributed by atoms with van der Waals surface area (Å²) >= 11 is 1.90. The number of carbonyl (C=O) groups excluding carboxylic acids is 1. The summed E-state index contributed by atoms with van der Waals surface area (Å²) in [5, 5.41) is 0. The van der Waals surface area contributed by atoms with E-state index >= 15 is 0 Å². The van der Waals surface area contributed by atoms with Gasteiger partial charge in [-0.05, 0) is 26.3 Å². The molecular weight excluding hydrogens is 230 g/mol. The van der Waals surface area contributed by atoms with Gasteiger partial charge in [0.05, 0.1) is 5.41 Å². The minimum Gasteiger partial charge on any atom is -0.320 e. The lowest BCUT2D eigenvalue weighted by molar-refractivity contribution is -0.183. The van der Waals surface area contributed by atoms with Crippen molar-refractivity contribution in [3.8, 4) is 0 Å². The van der Waals surface area contributed by atoms with E-state index in [1.54, 1.807) is 0 Å². The molecule has 0 radical (unpaired) electrons. The first-order valence-corrected chi connectivity index (χ1v) is 7.06. The fraction of sp³-hybridized carbons (Fsp3) is 0.500. The van der Waals surface area contributed by atoms with Crippen LogP contribution in [0.25, 0.3) is 0 Å². The van der Waals surface area contributed by atoms with Gasteiger partial charge in [0.15, 0.2) is 0 Å². The van der Waals surface area contributed by atoms with Crippen LogP contribution in [0.3, 0.4) is 0 Å². The van der Waals surface area contributed by atoms with Crippen LogP contribution in [0.2, 0.25) is 0 Å². The van der Waals surface area contributed by atoms with Gasteiger partial charge in [-0.3, -0.25) is 4.79 Å². The molecule has 0 N–H and O–H groups in total. The van der Waals surface area contributed by atoms with E-state index in [-0.39, 0.29) is 16.3 Å². The van der Waals surface area contributed by atoms with Crippen molar-refractivity contribution in [1.29, 1.82) is 0 Å². The average Bonchev–Trinajstić information content (AvgIpc) is 2.33. The summed E-state index contributed by atoms with van der Waals surface area (Å²) in [6.07, 6.45) is 0. The Morgan fingerprint density at radius 3 is 2.41 bits per heavy atom. The highest BCUT2D eigenvalue weighted by Gasteiger charge is 2.76. The van der Waals surface area contributed by atoms with Crippen molar-refractivity contribution >= 4 is 17.7 Å². The van der Waals surface area contributed by atoms with Gasteiger partial charge >= 0.3 is 0 Å². The zero-order valence-corrected chi connectivity index (χ0v) is 11.3. The summed E-state index contributed by atoms with van der Waals surface area (Å²) in [5.74, 6) is 1.26. The van der Waals surface area contributed by atoms with Crippen molar-refractivity contribution in [2.45, 2.75) is 31.7 Å². The lowest BCUT2D eigenvalue weighted by Gasteiger charge is -2.71. The van der Waals surface area contributed by atoms with E-state index < -0.39 is 0 Å². The zero-order valence-electron chi connectivity index (χ0n) is 10.4. The molecule has 1 amide bonds. The van der Waals surface area contributed by atoms with Crippen LogP contribution in [-0.2, 0) is 9.67 Å². The van der Waals surface area contributed by atoms with Gasteiger partial charge in [0, 0.05) is 11.8 Å². The Bertz CT molecular complexity index is 472. The predicted octanol–water partition coefficient (Wildman–Crippen LogP) is 2.84. The maximum Gasteiger partial charge on any atom is 0.234 e. The van der Waals surface area contributed by atoms with E-state index in [4.69, 9.17) is 0 Å². The van der Waals surface area contributed by atoms with Gasteiger partial charge in [-0.1, -0.05) is 30.3 Å². The summed E-state index contributed by atoms with van der Waals surface area (Å²) in [6.45, 7) is 6.31. The molecule has 2 fully saturated rings. The molecule has 2 aliphatic rings. The quantitative estimate of drug-likeness (QED) is 0.749. The summed E-state index contributed by atoms with van der Waals surface area (Å²) in [6, 6.07) is 10.7. The van der Waals surface area contributed by atoms with Gasteiger partial charge in [-0.25, -0.2) is 0 Å². The lowest BCUT2D eigenvalue weighted by Crippen LogP contribution is -2.80. The molecule has 90 valence electrons.